The molecular formula is C30H33N3O3S. The third kappa shape index (κ3) is 5.78. The number of hydrogen-bond acceptors (Lipinski definition) is 4. The fourth-order valence-corrected chi connectivity index (χ4v) is 5.79. The summed E-state index contributed by atoms with van der Waals surface area (Å²) in [6, 6.07) is 24.3. The van der Waals surface area contributed by atoms with Gasteiger partial charge < -0.3 is 9.88 Å². The van der Waals surface area contributed by atoms with Gasteiger partial charge in [-0.2, -0.15) is 0 Å². The number of aromatic amines is 1. The average Bonchev–Trinajstić information content (AvgIpc) is 2.88. The van der Waals surface area contributed by atoms with E-state index in [0.29, 0.717) is 23.2 Å². The Morgan fingerprint density at radius 1 is 0.865 bits per heavy atom. The molecule has 2 heterocycles. The molecular weight excluding hydrogens is 482 g/mol. The number of nitrogens with zero attached hydrogens (tertiary/aromatic N) is 1. The van der Waals surface area contributed by atoms with E-state index >= 15 is 0 Å². The molecule has 0 saturated carbocycles. The molecule has 1 aromatic heterocycles. The van der Waals surface area contributed by atoms with Gasteiger partial charge in [0.15, 0.2) is 0 Å². The molecule has 5 rings (SSSR count). The van der Waals surface area contributed by atoms with E-state index in [1.165, 1.54) is 18.4 Å². The third-order valence-corrected chi connectivity index (χ3v) is 7.93. The highest BCUT2D eigenvalue weighted by atomic mass is 32.2. The van der Waals surface area contributed by atoms with Gasteiger partial charge in [-0.05, 0) is 104 Å². The molecule has 0 aliphatic carbocycles. The van der Waals surface area contributed by atoms with Crippen LogP contribution in [0.2, 0.25) is 0 Å². The lowest BCUT2D eigenvalue weighted by Crippen LogP contribution is -2.37. The lowest BCUT2D eigenvalue weighted by molar-refractivity contribution is 0.172. The molecule has 0 unspecified atom stereocenters. The standard InChI is InChI=1S/C30H33N3O3S/c1-20(2)33-16-14-23(15-17-33)21-4-6-22(7-5-21)25-10-13-29-26(18-25)19-28(30(34)31-29)24-8-11-27(12-9-24)32-37(3,35)36/h4-13,18-20,23,32H,14-17H2,1-3H3,(H,31,34). The number of anilines is 1. The molecule has 1 saturated heterocycles. The van der Waals surface area contributed by atoms with E-state index in [1.54, 1.807) is 24.3 Å². The molecule has 3 aromatic carbocycles. The number of fused-ring (bicyclic) bond motifs is 1. The number of nitrogens with one attached hydrogen (secondary N) is 2. The molecule has 0 amide bonds. The normalized spacial score (nSPS) is 15.4. The summed E-state index contributed by atoms with van der Waals surface area (Å²) in [5, 5.41) is 0.940. The summed E-state index contributed by atoms with van der Waals surface area (Å²) in [5.41, 5.74) is 5.97. The first kappa shape index (κ1) is 25.2. The van der Waals surface area contributed by atoms with E-state index < -0.39 is 10.0 Å². The Bertz CT molecular complexity index is 1570. The molecule has 4 aromatic rings. The van der Waals surface area contributed by atoms with Crippen molar-refractivity contribution in [2.45, 2.75) is 38.6 Å². The van der Waals surface area contributed by atoms with Crippen LogP contribution in [0, 0.1) is 0 Å². The zero-order valence-electron chi connectivity index (χ0n) is 21.5. The van der Waals surface area contributed by atoms with Gasteiger partial charge in [0.25, 0.3) is 5.56 Å². The largest absolute Gasteiger partial charge is 0.321 e. The summed E-state index contributed by atoms with van der Waals surface area (Å²) in [6.45, 7) is 6.86. The minimum Gasteiger partial charge on any atom is -0.321 e. The Kier molecular flexibility index (Phi) is 6.92. The van der Waals surface area contributed by atoms with Crippen molar-refractivity contribution in [2.75, 3.05) is 24.1 Å². The Morgan fingerprint density at radius 2 is 1.49 bits per heavy atom. The van der Waals surface area contributed by atoms with Crippen LogP contribution in [0.25, 0.3) is 33.2 Å². The topological polar surface area (TPSA) is 82.3 Å². The maximum atomic E-state index is 12.8. The molecule has 1 aliphatic rings. The first-order valence-electron chi connectivity index (χ1n) is 12.8. The number of sulfonamides is 1. The Balaban J connectivity index is 1.39. The number of hydrogen-bond donors (Lipinski definition) is 2. The summed E-state index contributed by atoms with van der Waals surface area (Å²) >= 11 is 0. The molecule has 192 valence electrons. The molecule has 0 spiro atoms. The van der Waals surface area contributed by atoms with Crippen molar-refractivity contribution < 1.29 is 8.42 Å². The van der Waals surface area contributed by atoms with E-state index in [4.69, 9.17) is 0 Å². The first-order chi connectivity index (χ1) is 17.7. The molecule has 0 bridgehead atoms. The second-order valence-corrected chi connectivity index (χ2v) is 12.0. The van der Waals surface area contributed by atoms with Crippen LogP contribution in [0.1, 0.15) is 38.2 Å². The van der Waals surface area contributed by atoms with Gasteiger partial charge in [-0.25, -0.2) is 8.42 Å². The second-order valence-electron chi connectivity index (χ2n) is 10.3. The molecule has 6 nitrogen and oxygen atoms in total. The quantitative estimate of drug-likeness (QED) is 0.339. The van der Waals surface area contributed by atoms with Crippen LogP contribution >= 0.6 is 0 Å². The highest BCUT2D eigenvalue weighted by molar-refractivity contribution is 7.92. The van der Waals surface area contributed by atoms with Gasteiger partial charge in [-0.3, -0.25) is 9.52 Å². The zero-order chi connectivity index (χ0) is 26.2. The summed E-state index contributed by atoms with van der Waals surface area (Å²) in [4.78, 5) is 18.3. The number of benzene rings is 3. The number of pyridine rings is 1. The van der Waals surface area contributed by atoms with Crippen LogP contribution < -0.4 is 10.3 Å². The van der Waals surface area contributed by atoms with Crippen LogP contribution in [-0.4, -0.2) is 43.7 Å². The van der Waals surface area contributed by atoms with E-state index in [1.807, 2.05) is 18.2 Å². The lowest BCUT2D eigenvalue weighted by Gasteiger charge is -2.34. The van der Waals surface area contributed by atoms with E-state index in [9.17, 15) is 13.2 Å². The van der Waals surface area contributed by atoms with E-state index in [0.717, 1.165) is 46.9 Å². The maximum Gasteiger partial charge on any atom is 0.256 e. The van der Waals surface area contributed by atoms with Gasteiger partial charge in [-0.1, -0.05) is 42.5 Å². The summed E-state index contributed by atoms with van der Waals surface area (Å²) < 4.78 is 25.4. The predicted octanol–water partition coefficient (Wildman–Crippen LogP) is 5.82. The van der Waals surface area contributed by atoms with E-state index in [2.05, 4.69) is 58.8 Å². The fourth-order valence-electron chi connectivity index (χ4n) is 5.23. The predicted molar refractivity (Wildman–Crippen MR) is 153 cm³/mol. The summed E-state index contributed by atoms with van der Waals surface area (Å²) in [6.07, 6.45) is 3.51. The van der Waals surface area contributed by atoms with Gasteiger partial charge in [0.1, 0.15) is 0 Å². The van der Waals surface area contributed by atoms with Crippen molar-refractivity contribution in [2.24, 2.45) is 0 Å². The molecule has 1 aliphatic heterocycles. The van der Waals surface area contributed by atoms with Crippen LogP contribution in [0.15, 0.2) is 77.6 Å². The van der Waals surface area contributed by atoms with Crippen LogP contribution in [0.3, 0.4) is 0 Å². The highest BCUT2D eigenvalue weighted by Gasteiger charge is 2.22. The van der Waals surface area contributed by atoms with Crippen molar-refractivity contribution in [1.29, 1.82) is 0 Å². The van der Waals surface area contributed by atoms with Crippen molar-refractivity contribution >= 4 is 26.6 Å². The fraction of sp³-hybridized carbons (Fsp3) is 0.300. The molecule has 0 radical (unpaired) electrons. The number of likely N-dealkylation sites (tertiary alicyclic amines) is 1. The van der Waals surface area contributed by atoms with Crippen LogP contribution in [0.5, 0.6) is 0 Å². The molecule has 37 heavy (non-hydrogen) atoms. The Hall–Kier alpha value is -3.42. The minimum atomic E-state index is -3.36. The smallest absolute Gasteiger partial charge is 0.256 e. The molecule has 7 heteroatoms. The van der Waals surface area contributed by atoms with Gasteiger partial charge in [-0.15, -0.1) is 0 Å². The Labute approximate surface area is 218 Å². The minimum absolute atomic E-state index is 0.183. The van der Waals surface area contributed by atoms with Crippen molar-refractivity contribution in [1.82, 2.24) is 9.88 Å². The summed E-state index contributed by atoms with van der Waals surface area (Å²) in [5.74, 6) is 0.618. The molecule has 0 atom stereocenters. The monoisotopic (exact) mass is 515 g/mol. The van der Waals surface area contributed by atoms with E-state index in [-0.39, 0.29) is 5.56 Å². The SMILES string of the molecule is CC(C)N1CCC(c2ccc(-c3ccc4[nH]c(=O)c(-c5ccc(NS(C)(=O)=O)cc5)cc4c3)cc2)CC1. The number of aromatic nitrogens is 1. The maximum absolute atomic E-state index is 12.8. The third-order valence-electron chi connectivity index (χ3n) is 7.32. The lowest BCUT2D eigenvalue weighted by atomic mass is 9.88. The first-order valence-corrected chi connectivity index (χ1v) is 14.6. The van der Waals surface area contributed by atoms with Gasteiger partial charge in [0.05, 0.1) is 6.26 Å². The van der Waals surface area contributed by atoms with Crippen molar-refractivity contribution in [3.63, 3.8) is 0 Å². The number of H-pyrrole nitrogens is 1. The van der Waals surface area contributed by atoms with Gasteiger partial charge in [0.2, 0.25) is 10.0 Å². The zero-order valence-corrected chi connectivity index (χ0v) is 22.3. The van der Waals surface area contributed by atoms with Gasteiger partial charge in [0, 0.05) is 22.8 Å². The molecule has 1 fully saturated rings. The average molecular weight is 516 g/mol. The van der Waals surface area contributed by atoms with Crippen LogP contribution in [0.4, 0.5) is 5.69 Å². The summed E-state index contributed by atoms with van der Waals surface area (Å²) in [7, 11) is -3.36. The highest BCUT2D eigenvalue weighted by Crippen LogP contribution is 2.31. The number of rotatable bonds is 6. The van der Waals surface area contributed by atoms with Gasteiger partial charge >= 0.3 is 0 Å². The molecule has 2 N–H and O–H groups in total. The second kappa shape index (κ2) is 10.1. The van der Waals surface area contributed by atoms with Crippen molar-refractivity contribution in [3.05, 3.63) is 88.7 Å². The Morgan fingerprint density at radius 3 is 2.11 bits per heavy atom. The van der Waals surface area contributed by atoms with Crippen molar-refractivity contribution in [3.8, 4) is 22.3 Å². The van der Waals surface area contributed by atoms with Crippen LogP contribution in [-0.2, 0) is 10.0 Å². The number of piperidine rings is 1.